The van der Waals surface area contributed by atoms with Crippen LogP contribution in [0, 0.1) is 11.8 Å². The monoisotopic (exact) mass is 253 g/mol. The van der Waals surface area contributed by atoms with Crippen LogP contribution in [0.2, 0.25) is 0 Å². The zero-order chi connectivity index (χ0) is 13.5. The van der Waals surface area contributed by atoms with Crippen LogP contribution in [0.4, 0.5) is 0 Å². The summed E-state index contributed by atoms with van der Waals surface area (Å²) in [6.45, 7) is 5.59. The Hall–Kier alpha value is -1.06. The van der Waals surface area contributed by atoms with Crippen molar-refractivity contribution >= 4 is 11.9 Å². The first-order valence-corrected chi connectivity index (χ1v) is 6.93. The predicted octanol–water partition coefficient (Wildman–Crippen LogP) is 2.28. The molecule has 0 bridgehead atoms. The summed E-state index contributed by atoms with van der Waals surface area (Å²) >= 11 is 0. The molecule has 3 unspecified atom stereocenters. The Kier molecular flexibility index (Phi) is 3.39. The molecule has 3 atom stereocenters. The van der Waals surface area contributed by atoms with Crippen molar-refractivity contribution in [2.45, 2.75) is 64.5 Å². The Morgan fingerprint density at radius 3 is 2.22 bits per heavy atom. The summed E-state index contributed by atoms with van der Waals surface area (Å²) in [4.78, 5) is 25.6. The molecule has 0 heterocycles. The molecule has 2 fully saturated rings. The smallest absolute Gasteiger partial charge is 0.329 e. The van der Waals surface area contributed by atoms with E-state index >= 15 is 0 Å². The average molecular weight is 253 g/mol. The summed E-state index contributed by atoms with van der Waals surface area (Å²) in [6.07, 6.45) is 4.46. The minimum atomic E-state index is -0.968. The van der Waals surface area contributed by atoms with Gasteiger partial charge in [0.15, 0.2) is 0 Å². The third kappa shape index (κ3) is 2.02. The van der Waals surface area contributed by atoms with Crippen LogP contribution >= 0.6 is 0 Å². The number of carbonyl (C=O) groups excluding carboxylic acids is 1. The van der Waals surface area contributed by atoms with E-state index in [-0.39, 0.29) is 17.9 Å². The van der Waals surface area contributed by atoms with Crippen molar-refractivity contribution in [1.82, 2.24) is 4.90 Å². The lowest BCUT2D eigenvalue weighted by molar-refractivity contribution is -0.168. The zero-order valence-corrected chi connectivity index (χ0v) is 11.5. The molecule has 2 rings (SSSR count). The van der Waals surface area contributed by atoms with Crippen LogP contribution < -0.4 is 0 Å². The lowest BCUT2D eigenvalue weighted by Gasteiger charge is -2.49. The zero-order valence-electron chi connectivity index (χ0n) is 11.5. The quantitative estimate of drug-likeness (QED) is 0.839. The first-order valence-electron chi connectivity index (χ1n) is 6.93. The van der Waals surface area contributed by atoms with Crippen molar-refractivity contribution in [1.29, 1.82) is 0 Å². The van der Waals surface area contributed by atoms with Gasteiger partial charge in [0, 0.05) is 13.0 Å². The maximum absolute atomic E-state index is 11.9. The van der Waals surface area contributed by atoms with Crippen LogP contribution in [0.1, 0.15) is 52.9 Å². The van der Waals surface area contributed by atoms with E-state index in [0.717, 1.165) is 25.7 Å². The minimum Gasteiger partial charge on any atom is -0.479 e. The molecular formula is C14H23NO3. The fourth-order valence-corrected chi connectivity index (χ4v) is 3.54. The average Bonchev–Trinajstić information content (AvgIpc) is 3.06. The van der Waals surface area contributed by atoms with Gasteiger partial charge in [-0.1, -0.05) is 20.3 Å². The summed E-state index contributed by atoms with van der Waals surface area (Å²) in [6, 6.07) is 0.159. The molecule has 4 heteroatoms. The number of hydrogen-bond donors (Lipinski definition) is 1. The fourth-order valence-electron chi connectivity index (χ4n) is 3.54. The normalized spacial score (nSPS) is 36.2. The standard InChI is InChI=1S/C14H23NO3/c1-9-4-5-10(2)14(8-9,13(17)18)15(11(3)16)12-6-7-12/h9-10,12H,4-8H2,1-3H3,(H,17,18). The van der Waals surface area contributed by atoms with Crippen LogP contribution in [0.3, 0.4) is 0 Å². The fraction of sp³-hybridized carbons (Fsp3) is 0.857. The van der Waals surface area contributed by atoms with Crippen LogP contribution in [0.5, 0.6) is 0 Å². The summed E-state index contributed by atoms with van der Waals surface area (Å²) in [5.41, 5.74) is -0.968. The number of nitrogens with zero attached hydrogens (tertiary/aromatic N) is 1. The summed E-state index contributed by atoms with van der Waals surface area (Å²) in [7, 11) is 0. The number of carboxylic acids is 1. The summed E-state index contributed by atoms with van der Waals surface area (Å²) in [5.74, 6) is -0.488. The van der Waals surface area contributed by atoms with Crippen molar-refractivity contribution in [2.24, 2.45) is 11.8 Å². The molecule has 0 aromatic heterocycles. The van der Waals surface area contributed by atoms with E-state index in [1.807, 2.05) is 6.92 Å². The van der Waals surface area contributed by atoms with Gasteiger partial charge in [0.25, 0.3) is 0 Å². The Bertz CT molecular complexity index is 364. The Morgan fingerprint density at radius 2 is 1.78 bits per heavy atom. The van der Waals surface area contributed by atoms with Gasteiger partial charge in [-0.2, -0.15) is 0 Å². The predicted molar refractivity (Wildman–Crippen MR) is 68.1 cm³/mol. The van der Waals surface area contributed by atoms with E-state index in [1.54, 1.807) is 4.90 Å². The van der Waals surface area contributed by atoms with Crippen LogP contribution in [-0.4, -0.2) is 33.5 Å². The van der Waals surface area contributed by atoms with E-state index in [2.05, 4.69) is 6.92 Å². The number of rotatable bonds is 3. The molecule has 0 spiro atoms. The molecule has 0 aromatic carbocycles. The van der Waals surface area contributed by atoms with Crippen LogP contribution in [-0.2, 0) is 9.59 Å². The lowest BCUT2D eigenvalue weighted by atomic mass is 9.68. The molecule has 18 heavy (non-hydrogen) atoms. The molecule has 102 valence electrons. The number of hydrogen-bond acceptors (Lipinski definition) is 2. The summed E-state index contributed by atoms with van der Waals surface area (Å²) in [5, 5.41) is 9.78. The maximum atomic E-state index is 11.9. The van der Waals surface area contributed by atoms with E-state index in [9.17, 15) is 14.7 Å². The molecule has 4 nitrogen and oxygen atoms in total. The molecule has 0 radical (unpaired) electrons. The molecule has 2 aliphatic carbocycles. The second-order valence-electron chi connectivity index (χ2n) is 6.14. The van der Waals surface area contributed by atoms with Crippen molar-refractivity contribution in [3.05, 3.63) is 0 Å². The minimum absolute atomic E-state index is 0.0377. The molecular weight excluding hydrogens is 230 g/mol. The van der Waals surface area contributed by atoms with E-state index in [0.29, 0.717) is 12.3 Å². The number of aliphatic carboxylic acids is 1. The van der Waals surface area contributed by atoms with Crippen molar-refractivity contribution < 1.29 is 14.7 Å². The van der Waals surface area contributed by atoms with Gasteiger partial charge in [-0.05, 0) is 37.5 Å². The van der Waals surface area contributed by atoms with Gasteiger partial charge >= 0.3 is 5.97 Å². The Morgan fingerprint density at radius 1 is 1.17 bits per heavy atom. The first-order chi connectivity index (χ1) is 8.39. The SMILES string of the molecule is CC(=O)N(C1CC1)C1(C(=O)O)CC(C)CCC1C. The molecule has 2 aliphatic rings. The van der Waals surface area contributed by atoms with Crippen LogP contribution in [0.25, 0.3) is 0 Å². The number of carbonyl (C=O) groups is 2. The maximum Gasteiger partial charge on any atom is 0.329 e. The van der Waals surface area contributed by atoms with Gasteiger partial charge in [-0.15, -0.1) is 0 Å². The number of amides is 1. The second-order valence-corrected chi connectivity index (χ2v) is 6.14. The van der Waals surface area contributed by atoms with E-state index < -0.39 is 11.5 Å². The third-order valence-electron chi connectivity index (χ3n) is 4.62. The highest BCUT2D eigenvalue weighted by Gasteiger charge is 2.56. The number of carboxylic acid groups (broad SMARTS) is 1. The van der Waals surface area contributed by atoms with Gasteiger partial charge in [-0.25, -0.2) is 4.79 Å². The van der Waals surface area contributed by atoms with E-state index in [4.69, 9.17) is 0 Å². The van der Waals surface area contributed by atoms with Gasteiger partial charge in [0.2, 0.25) is 5.91 Å². The molecule has 1 N–H and O–H groups in total. The second kappa shape index (κ2) is 4.56. The molecule has 0 saturated heterocycles. The van der Waals surface area contributed by atoms with Crippen molar-refractivity contribution in [3.63, 3.8) is 0 Å². The van der Waals surface area contributed by atoms with Gasteiger partial charge in [-0.3, -0.25) is 4.79 Å². The Labute approximate surface area is 108 Å². The molecule has 0 aliphatic heterocycles. The van der Waals surface area contributed by atoms with E-state index in [1.165, 1.54) is 6.92 Å². The highest BCUT2D eigenvalue weighted by Crippen LogP contribution is 2.45. The third-order valence-corrected chi connectivity index (χ3v) is 4.62. The summed E-state index contributed by atoms with van der Waals surface area (Å²) < 4.78 is 0. The first kappa shape index (κ1) is 13.4. The van der Waals surface area contributed by atoms with Crippen LogP contribution in [0.15, 0.2) is 0 Å². The largest absolute Gasteiger partial charge is 0.479 e. The molecule has 0 aromatic rings. The van der Waals surface area contributed by atoms with Gasteiger partial charge in [0.05, 0.1) is 0 Å². The topological polar surface area (TPSA) is 57.6 Å². The van der Waals surface area contributed by atoms with Gasteiger partial charge < -0.3 is 10.0 Å². The highest BCUT2D eigenvalue weighted by molar-refractivity contribution is 5.87. The van der Waals surface area contributed by atoms with Gasteiger partial charge in [0.1, 0.15) is 5.54 Å². The Balaban J connectivity index is 2.40. The lowest BCUT2D eigenvalue weighted by Crippen LogP contribution is -2.63. The van der Waals surface area contributed by atoms with Crippen molar-refractivity contribution in [3.8, 4) is 0 Å². The molecule has 1 amide bonds. The van der Waals surface area contributed by atoms with Crippen molar-refractivity contribution in [2.75, 3.05) is 0 Å². The highest BCUT2D eigenvalue weighted by atomic mass is 16.4. The molecule has 2 saturated carbocycles.